The molecule has 4 N–H and O–H groups in total. The summed E-state index contributed by atoms with van der Waals surface area (Å²) in [6, 6.07) is 1.63. The number of aliphatic carboxylic acids is 1. The summed E-state index contributed by atoms with van der Waals surface area (Å²) in [5, 5.41) is 14.5. The van der Waals surface area contributed by atoms with Crippen LogP contribution in [0, 0.1) is 0 Å². The van der Waals surface area contributed by atoms with Crippen molar-refractivity contribution >= 4 is 41.4 Å². The molecule has 1 aromatic rings. The summed E-state index contributed by atoms with van der Waals surface area (Å²) in [6.07, 6.45) is 0.124. The van der Waals surface area contributed by atoms with Gasteiger partial charge in [0.1, 0.15) is 30.8 Å². The van der Waals surface area contributed by atoms with Gasteiger partial charge in [0.2, 0.25) is 5.71 Å². The number of amides is 3. The number of carbonyl (C=O) groups excluding carboxylic acids is 3. The molecule has 3 amide bonds. The highest BCUT2D eigenvalue weighted by Crippen LogP contribution is 2.40. The second-order valence-corrected chi connectivity index (χ2v) is 6.84. The summed E-state index contributed by atoms with van der Waals surface area (Å²) in [4.78, 5) is 53.2. The van der Waals surface area contributed by atoms with Gasteiger partial charge in [-0.05, 0) is 12.1 Å². The van der Waals surface area contributed by atoms with Crippen LogP contribution in [0.3, 0.4) is 0 Å². The summed E-state index contributed by atoms with van der Waals surface area (Å²) in [5.41, 5.74) is 4.18. The van der Waals surface area contributed by atoms with Gasteiger partial charge in [-0.2, -0.15) is 0 Å². The van der Waals surface area contributed by atoms with E-state index < -0.39 is 54.6 Å². The first-order chi connectivity index (χ1) is 15.0. The van der Waals surface area contributed by atoms with E-state index in [1.807, 2.05) is 0 Å². The summed E-state index contributed by atoms with van der Waals surface area (Å²) >= 11 is 1.13. The molecule has 1 saturated heterocycles. The average molecular weight is 427 g/mol. The fraction of sp³-hybridized carbons (Fsp3) is 0.312. The van der Waals surface area contributed by atoms with E-state index in [1.165, 1.54) is 18.4 Å². The van der Waals surface area contributed by atoms with Gasteiger partial charge in [0, 0.05) is 11.3 Å². The first-order valence-corrected chi connectivity index (χ1v) is 8.97. The number of hydrogen-bond donors (Lipinski definition) is 3. The number of nitrogens with two attached hydrogens (primary N) is 1. The molecule has 12 nitrogen and oxygen atoms in total. The van der Waals surface area contributed by atoms with Gasteiger partial charge >= 0.3 is 12.1 Å². The van der Waals surface area contributed by atoms with Gasteiger partial charge in [-0.3, -0.25) is 14.5 Å². The van der Waals surface area contributed by atoms with Gasteiger partial charge in [0.25, 0.3) is 11.8 Å². The van der Waals surface area contributed by atoms with Crippen LogP contribution in [0.15, 0.2) is 39.2 Å². The molecular formula is C16H16N4O8S. The quantitative estimate of drug-likeness (QED) is 0.293. The van der Waals surface area contributed by atoms with Crippen LogP contribution in [-0.2, 0) is 24.0 Å². The van der Waals surface area contributed by atoms with Gasteiger partial charge in [-0.25, -0.2) is 9.59 Å². The average Bonchev–Trinajstić information content (AvgIpc) is 3.23. The van der Waals surface area contributed by atoms with Crippen molar-refractivity contribution in [3.8, 4) is 0 Å². The van der Waals surface area contributed by atoms with E-state index in [9.17, 15) is 24.3 Å². The Bertz CT molecular complexity index is 1010. The second-order valence-electron chi connectivity index (χ2n) is 5.73. The highest BCUT2D eigenvalue weighted by molar-refractivity contribution is 8.00. The minimum atomic E-state index is -2.93. The molecule has 0 spiro atoms. The van der Waals surface area contributed by atoms with Crippen molar-refractivity contribution in [1.29, 1.82) is 0 Å². The number of carboxylic acid groups (broad SMARTS) is 1. The maximum atomic E-state index is 12.7. The molecule has 29 heavy (non-hydrogen) atoms. The fourth-order valence-electron chi connectivity index (χ4n) is 2.82. The number of thioether (sulfide) groups is 1. The Morgan fingerprint density at radius 2 is 2.34 bits per heavy atom. The van der Waals surface area contributed by atoms with Crippen LogP contribution < -0.4 is 11.1 Å². The predicted octanol–water partition coefficient (Wildman–Crippen LogP) is -0.536. The first-order valence-electron chi connectivity index (χ1n) is 9.42. The number of hydrogen-bond acceptors (Lipinski definition) is 9. The van der Waals surface area contributed by atoms with Gasteiger partial charge in [-0.15, -0.1) is 11.8 Å². The normalized spacial score (nSPS) is 23.2. The number of carbonyl (C=O) groups is 4. The predicted molar refractivity (Wildman–Crippen MR) is 97.5 cm³/mol. The van der Waals surface area contributed by atoms with Crippen molar-refractivity contribution < 1.29 is 42.4 Å². The molecule has 0 bridgehead atoms. The number of ether oxygens (including phenoxy) is 1. The molecule has 154 valence electrons. The highest BCUT2D eigenvalue weighted by atomic mass is 32.2. The molecule has 1 fully saturated rings. The number of fused-ring (bicyclic) bond motifs is 1. The van der Waals surface area contributed by atoms with Crippen molar-refractivity contribution in [3.05, 3.63) is 35.4 Å². The number of nitrogens with one attached hydrogen (secondary N) is 1. The molecule has 3 heterocycles. The third-order valence-electron chi connectivity index (χ3n) is 4.03. The molecule has 3 rings (SSSR count). The van der Waals surface area contributed by atoms with E-state index in [2.05, 4.69) is 20.0 Å². The molecule has 0 unspecified atom stereocenters. The Labute approximate surface area is 171 Å². The number of oxime groups is 1. The molecule has 0 radical (unpaired) electrons. The minimum Gasteiger partial charge on any atom is -0.477 e. The fourth-order valence-corrected chi connectivity index (χ4v) is 4.15. The largest absolute Gasteiger partial charge is 0.477 e. The zero-order chi connectivity index (χ0) is 23.6. The van der Waals surface area contributed by atoms with Gasteiger partial charge in [0.05, 0.1) is 10.4 Å². The van der Waals surface area contributed by atoms with Crippen LogP contribution in [0.25, 0.3) is 0 Å². The number of primary amides is 1. The topological polar surface area (TPSA) is 174 Å². The van der Waals surface area contributed by atoms with Crippen molar-refractivity contribution in [1.82, 2.24) is 10.2 Å². The van der Waals surface area contributed by atoms with Crippen molar-refractivity contribution in [2.45, 2.75) is 11.4 Å². The molecule has 13 heteroatoms. The Hall–Kier alpha value is -3.48. The summed E-state index contributed by atoms with van der Waals surface area (Å²) in [6.45, 7) is -0.404. The van der Waals surface area contributed by atoms with Gasteiger partial charge in [-0.1, -0.05) is 5.16 Å². The lowest BCUT2D eigenvalue weighted by atomic mass is 10.0. The van der Waals surface area contributed by atoms with E-state index in [1.54, 1.807) is 0 Å². The maximum Gasteiger partial charge on any atom is 0.404 e. The number of carboxylic acids is 1. The number of furan rings is 1. The Balaban J connectivity index is 1.78. The monoisotopic (exact) mass is 427 g/mol. The van der Waals surface area contributed by atoms with Crippen LogP contribution in [0.2, 0.25) is 0 Å². The highest BCUT2D eigenvalue weighted by Gasteiger charge is 2.54. The lowest BCUT2D eigenvalue weighted by Crippen LogP contribution is -2.71. The number of rotatable bonds is 7. The summed E-state index contributed by atoms with van der Waals surface area (Å²) < 4.78 is 30.9. The summed E-state index contributed by atoms with van der Waals surface area (Å²) in [7, 11) is -2.93. The van der Waals surface area contributed by atoms with E-state index in [-0.39, 0.29) is 22.8 Å². The van der Waals surface area contributed by atoms with Crippen LogP contribution in [0.5, 0.6) is 0 Å². The van der Waals surface area contributed by atoms with Gasteiger partial charge < -0.3 is 30.1 Å². The Morgan fingerprint density at radius 1 is 1.55 bits per heavy atom. The van der Waals surface area contributed by atoms with Crippen LogP contribution in [0.4, 0.5) is 4.79 Å². The second kappa shape index (κ2) is 8.26. The first kappa shape index (κ1) is 16.5. The molecule has 0 saturated carbocycles. The maximum absolute atomic E-state index is 12.7. The lowest BCUT2D eigenvalue weighted by Gasteiger charge is -2.49. The molecular weight excluding hydrogens is 408 g/mol. The minimum absolute atomic E-state index is 0.0943. The van der Waals surface area contributed by atoms with Crippen molar-refractivity contribution in [3.63, 3.8) is 0 Å². The van der Waals surface area contributed by atoms with Crippen LogP contribution in [0.1, 0.15) is 9.87 Å². The number of β-lactam (4-membered cyclic amide) rings is 1. The van der Waals surface area contributed by atoms with Crippen molar-refractivity contribution in [2.24, 2.45) is 10.9 Å². The van der Waals surface area contributed by atoms with E-state index in [0.717, 1.165) is 16.7 Å². The standard InChI is InChI=1S/C16H16N4O8S/c1-26-19-9(8-3-2-4-27-8)12(21)18-10-13(22)20-11(15(23)24)7(5-28-16(17)25)6-29-14(10)20/h2-4,10,14H,5-6H2,1H3,(H2,17,25)(H,18,21)(H,23,24)/b19-9+/t10-,14-/m1/s1/i1D3. The van der Waals surface area contributed by atoms with E-state index in [4.69, 9.17) is 14.3 Å². The SMILES string of the molecule is [2H]C([2H])([2H])O/N=C(/C(=O)N[C@@H]1C(=O)N2C(C(=O)O)=C(COC(N)=O)CS[C@H]12)c1ccco1. The third kappa shape index (κ3) is 3.89. The van der Waals surface area contributed by atoms with Crippen LogP contribution in [-0.4, -0.2) is 70.4 Å². The zero-order valence-corrected chi connectivity index (χ0v) is 15.3. The lowest BCUT2D eigenvalue weighted by molar-refractivity contribution is -0.150. The molecule has 2 atom stereocenters. The molecule has 2 aliphatic heterocycles. The van der Waals surface area contributed by atoms with Crippen LogP contribution >= 0.6 is 11.8 Å². The summed E-state index contributed by atoms with van der Waals surface area (Å²) in [5.74, 6) is -3.13. The Kier molecular flexibility index (Phi) is 4.69. The number of nitrogens with zero attached hydrogens (tertiary/aromatic N) is 2. The molecule has 0 aliphatic carbocycles. The smallest absolute Gasteiger partial charge is 0.404 e. The van der Waals surface area contributed by atoms with E-state index in [0.29, 0.717) is 0 Å². The molecule has 0 aromatic carbocycles. The van der Waals surface area contributed by atoms with E-state index >= 15 is 0 Å². The molecule has 1 aromatic heterocycles. The zero-order valence-electron chi connectivity index (χ0n) is 17.5. The van der Waals surface area contributed by atoms with Gasteiger partial charge in [0.15, 0.2) is 5.76 Å². The Morgan fingerprint density at radius 3 is 2.97 bits per heavy atom. The molecule has 2 aliphatic rings. The third-order valence-corrected chi connectivity index (χ3v) is 5.37. The van der Waals surface area contributed by atoms with Crippen molar-refractivity contribution in [2.75, 3.05) is 19.4 Å².